The Balaban J connectivity index is 1.12. The van der Waals surface area contributed by atoms with E-state index in [9.17, 15) is 4.79 Å². The predicted molar refractivity (Wildman–Crippen MR) is 121 cm³/mol. The number of hydrogen-bond acceptors (Lipinski definition) is 4. The second-order valence-corrected chi connectivity index (χ2v) is 9.67. The summed E-state index contributed by atoms with van der Waals surface area (Å²) in [5.74, 6) is 1.99. The topological polar surface area (TPSA) is 45.7 Å². The molecule has 1 aliphatic carbocycles. The number of carbonyl (C=O) groups is 1. The number of piperidine rings is 2. The van der Waals surface area contributed by atoms with Gasteiger partial charge in [0.25, 0.3) is 5.91 Å². The second-order valence-electron chi connectivity index (χ2n) is 9.67. The number of para-hydroxylation sites is 1. The van der Waals surface area contributed by atoms with Gasteiger partial charge in [-0.2, -0.15) is 0 Å². The molecule has 1 saturated carbocycles. The van der Waals surface area contributed by atoms with Crippen molar-refractivity contribution in [2.75, 3.05) is 32.8 Å². The van der Waals surface area contributed by atoms with E-state index < -0.39 is 0 Å². The van der Waals surface area contributed by atoms with Gasteiger partial charge in [0.1, 0.15) is 5.75 Å². The molecule has 1 amide bonds. The van der Waals surface area contributed by atoms with Gasteiger partial charge in [0.05, 0.1) is 6.61 Å². The van der Waals surface area contributed by atoms with Gasteiger partial charge in [-0.1, -0.05) is 18.2 Å². The van der Waals surface area contributed by atoms with Crippen molar-refractivity contribution in [3.63, 3.8) is 0 Å². The molecule has 5 rings (SSSR count). The Hall–Kier alpha value is -2.40. The minimum atomic E-state index is 0.150. The molecule has 5 nitrogen and oxygen atoms in total. The fourth-order valence-corrected chi connectivity index (χ4v) is 5.06. The van der Waals surface area contributed by atoms with Crippen LogP contribution in [0.4, 0.5) is 0 Å². The van der Waals surface area contributed by atoms with Crippen LogP contribution in [0, 0.1) is 11.3 Å². The van der Waals surface area contributed by atoms with E-state index in [1.165, 1.54) is 31.2 Å². The highest BCUT2D eigenvalue weighted by Gasteiger charge is 2.38. The number of amides is 1. The molecule has 5 heteroatoms. The van der Waals surface area contributed by atoms with Crippen molar-refractivity contribution in [3.8, 4) is 5.75 Å². The van der Waals surface area contributed by atoms with Crippen LogP contribution < -0.4 is 4.74 Å². The number of carbonyl (C=O) groups excluding carboxylic acids is 1. The molecule has 2 aromatic rings. The van der Waals surface area contributed by atoms with E-state index in [4.69, 9.17) is 4.74 Å². The summed E-state index contributed by atoms with van der Waals surface area (Å²) in [5, 5.41) is 0. The van der Waals surface area contributed by atoms with Crippen LogP contribution in [-0.2, 0) is 6.54 Å². The maximum Gasteiger partial charge on any atom is 0.253 e. The molecule has 1 spiro atoms. The molecule has 0 N–H and O–H groups in total. The van der Waals surface area contributed by atoms with Crippen LogP contribution in [0.2, 0.25) is 0 Å². The first-order chi connectivity index (χ1) is 15.2. The van der Waals surface area contributed by atoms with E-state index >= 15 is 0 Å². The van der Waals surface area contributed by atoms with Crippen LogP contribution >= 0.6 is 0 Å². The number of hydrogen-bond donors (Lipinski definition) is 0. The Morgan fingerprint density at radius 3 is 2.35 bits per heavy atom. The van der Waals surface area contributed by atoms with Crippen molar-refractivity contribution in [2.24, 2.45) is 11.3 Å². The van der Waals surface area contributed by atoms with Gasteiger partial charge in [0.2, 0.25) is 0 Å². The lowest BCUT2D eigenvalue weighted by atomic mass is 9.71. The lowest BCUT2D eigenvalue weighted by Gasteiger charge is -2.47. The number of likely N-dealkylation sites (tertiary alicyclic amines) is 2. The largest absolute Gasteiger partial charge is 0.493 e. The van der Waals surface area contributed by atoms with Crippen LogP contribution in [-0.4, -0.2) is 53.5 Å². The molecular formula is C26H33N3O2. The third kappa shape index (κ3) is 4.93. The standard InChI is InChI=1S/C26H33N3O2/c30-25(22-7-13-27-14-8-22)29-17-11-26(12-18-29)9-15-28(16-10-26)19-23-3-1-2-4-24(23)31-20-21-5-6-21/h1-4,7-8,13-14,21H,5-6,9-12,15-20H2. The summed E-state index contributed by atoms with van der Waals surface area (Å²) in [6, 6.07) is 12.2. The van der Waals surface area contributed by atoms with Crippen molar-refractivity contribution < 1.29 is 9.53 Å². The third-order valence-electron chi connectivity index (χ3n) is 7.49. The zero-order valence-corrected chi connectivity index (χ0v) is 18.3. The van der Waals surface area contributed by atoms with Crippen molar-refractivity contribution >= 4 is 5.91 Å². The van der Waals surface area contributed by atoms with E-state index in [0.29, 0.717) is 5.41 Å². The maximum absolute atomic E-state index is 12.7. The molecule has 3 heterocycles. The molecule has 0 atom stereocenters. The first kappa shape index (κ1) is 20.5. The molecule has 3 fully saturated rings. The first-order valence-corrected chi connectivity index (χ1v) is 11.8. The van der Waals surface area contributed by atoms with Gasteiger partial charge in [-0.3, -0.25) is 14.7 Å². The Morgan fingerprint density at radius 1 is 0.968 bits per heavy atom. The Morgan fingerprint density at radius 2 is 1.65 bits per heavy atom. The van der Waals surface area contributed by atoms with Crippen molar-refractivity contribution in [2.45, 2.75) is 45.1 Å². The maximum atomic E-state index is 12.7. The quantitative estimate of drug-likeness (QED) is 0.697. The minimum absolute atomic E-state index is 0.150. The van der Waals surface area contributed by atoms with Gasteiger partial charge in [-0.25, -0.2) is 0 Å². The average molecular weight is 420 g/mol. The van der Waals surface area contributed by atoms with E-state index in [-0.39, 0.29) is 5.91 Å². The van der Waals surface area contributed by atoms with Gasteiger partial charge in [0.15, 0.2) is 0 Å². The highest BCUT2D eigenvalue weighted by molar-refractivity contribution is 5.94. The molecule has 31 heavy (non-hydrogen) atoms. The third-order valence-corrected chi connectivity index (χ3v) is 7.49. The van der Waals surface area contributed by atoms with Crippen LogP contribution in [0.15, 0.2) is 48.8 Å². The summed E-state index contributed by atoms with van der Waals surface area (Å²) in [5.41, 5.74) is 2.48. The van der Waals surface area contributed by atoms with Crippen LogP contribution in [0.1, 0.15) is 54.4 Å². The fraction of sp³-hybridized carbons (Fsp3) is 0.538. The predicted octanol–water partition coefficient (Wildman–Crippen LogP) is 4.39. The van der Waals surface area contributed by atoms with Crippen LogP contribution in [0.25, 0.3) is 0 Å². The van der Waals surface area contributed by atoms with Crippen molar-refractivity contribution in [1.82, 2.24) is 14.8 Å². The van der Waals surface area contributed by atoms with Gasteiger partial charge in [-0.15, -0.1) is 0 Å². The Labute approximate surface area is 185 Å². The van der Waals surface area contributed by atoms with E-state index in [2.05, 4.69) is 34.1 Å². The number of pyridine rings is 1. The molecule has 2 saturated heterocycles. The summed E-state index contributed by atoms with van der Waals surface area (Å²) in [6.07, 6.45) is 10.7. The van der Waals surface area contributed by atoms with E-state index in [1.807, 2.05) is 17.0 Å². The SMILES string of the molecule is O=C(c1ccncc1)N1CCC2(CCN(Cc3ccccc3OCC3CC3)CC2)CC1. The molecule has 1 aromatic heterocycles. The van der Waals surface area contributed by atoms with Crippen molar-refractivity contribution in [3.05, 3.63) is 59.9 Å². The first-order valence-electron chi connectivity index (χ1n) is 11.8. The monoisotopic (exact) mass is 419 g/mol. The fourth-order valence-electron chi connectivity index (χ4n) is 5.06. The summed E-state index contributed by atoms with van der Waals surface area (Å²) < 4.78 is 6.12. The number of nitrogens with zero attached hydrogens (tertiary/aromatic N) is 3. The van der Waals surface area contributed by atoms with Gasteiger partial charge >= 0.3 is 0 Å². The van der Waals surface area contributed by atoms with Crippen LogP contribution in [0.3, 0.4) is 0 Å². The van der Waals surface area contributed by atoms with E-state index in [0.717, 1.165) is 69.4 Å². The lowest BCUT2D eigenvalue weighted by molar-refractivity contribution is 0.0283. The molecule has 0 bridgehead atoms. The molecule has 3 aliphatic rings. The summed E-state index contributed by atoms with van der Waals surface area (Å²) in [4.78, 5) is 21.4. The molecule has 0 unspecified atom stereocenters. The van der Waals surface area contributed by atoms with Crippen molar-refractivity contribution in [1.29, 1.82) is 0 Å². The average Bonchev–Trinajstić information content (AvgIpc) is 3.65. The molecule has 2 aliphatic heterocycles. The summed E-state index contributed by atoms with van der Waals surface area (Å²) >= 11 is 0. The van der Waals surface area contributed by atoms with Crippen LogP contribution in [0.5, 0.6) is 5.75 Å². The summed E-state index contributed by atoms with van der Waals surface area (Å²) in [6.45, 7) is 5.86. The number of benzene rings is 1. The second kappa shape index (κ2) is 8.99. The lowest BCUT2D eigenvalue weighted by Crippen LogP contribution is -2.48. The molecule has 164 valence electrons. The minimum Gasteiger partial charge on any atom is -0.493 e. The Bertz CT molecular complexity index is 879. The van der Waals surface area contributed by atoms with Gasteiger partial charge < -0.3 is 9.64 Å². The molecule has 0 radical (unpaired) electrons. The smallest absolute Gasteiger partial charge is 0.253 e. The summed E-state index contributed by atoms with van der Waals surface area (Å²) in [7, 11) is 0. The number of ether oxygens (including phenoxy) is 1. The zero-order chi connectivity index (χ0) is 21.1. The molecule has 1 aromatic carbocycles. The van der Waals surface area contributed by atoms with Gasteiger partial charge in [0, 0.05) is 43.2 Å². The Kier molecular flexibility index (Phi) is 5.95. The highest BCUT2D eigenvalue weighted by atomic mass is 16.5. The van der Waals surface area contributed by atoms with E-state index in [1.54, 1.807) is 12.4 Å². The zero-order valence-electron chi connectivity index (χ0n) is 18.3. The molecular weight excluding hydrogens is 386 g/mol. The van der Waals surface area contributed by atoms with Gasteiger partial charge in [-0.05, 0) is 81.1 Å². The number of aromatic nitrogens is 1. The normalized spacial score (nSPS) is 21.2. The number of rotatable bonds is 6. The highest BCUT2D eigenvalue weighted by Crippen LogP contribution is 2.42.